The number of aryl methyl sites for hydroxylation is 1. The highest BCUT2D eigenvalue weighted by atomic mass is 35.5. The standard InChI is InChI=1S/C33H29Cl3F2N6O3/c1-7-21(45)43-16(5)12-42(13-17(43)6)30-18-10-20(34)28(22-25(37)23(35)26(38)24(36)31(22)46)41-32(18)44(33(47)19(30)11-39)29-15(4)8-9-40-27(29)14(2)3/h7-10,14,16-17,46H,1,12-13H2,2-6H3/t16-,17+. The summed E-state index contributed by atoms with van der Waals surface area (Å²) in [6.07, 6.45) is 2.83. The average molecular weight is 702 g/mol. The molecule has 0 radical (unpaired) electrons. The van der Waals surface area contributed by atoms with Crippen LogP contribution in [0, 0.1) is 29.9 Å². The van der Waals surface area contributed by atoms with Gasteiger partial charge in [-0.15, -0.1) is 0 Å². The summed E-state index contributed by atoms with van der Waals surface area (Å²) in [5.74, 6) is -4.17. The Morgan fingerprint density at radius 3 is 2.36 bits per heavy atom. The Bertz CT molecular complexity index is 2050. The Hall–Kier alpha value is -4.24. The fourth-order valence-electron chi connectivity index (χ4n) is 6.25. The summed E-state index contributed by atoms with van der Waals surface area (Å²) in [6, 6.07) is 4.47. The van der Waals surface area contributed by atoms with Gasteiger partial charge in [-0.3, -0.25) is 19.1 Å². The van der Waals surface area contributed by atoms with E-state index in [4.69, 9.17) is 34.8 Å². The highest BCUT2D eigenvalue weighted by molar-refractivity contribution is 6.37. The maximum Gasteiger partial charge on any atom is 0.276 e. The third-order valence-electron chi connectivity index (χ3n) is 8.26. The van der Waals surface area contributed by atoms with Crippen molar-refractivity contribution in [2.24, 2.45) is 0 Å². The first-order valence-corrected chi connectivity index (χ1v) is 15.7. The smallest absolute Gasteiger partial charge is 0.276 e. The number of hydrogen-bond acceptors (Lipinski definition) is 7. The predicted octanol–water partition coefficient (Wildman–Crippen LogP) is 7.31. The zero-order valence-corrected chi connectivity index (χ0v) is 28.3. The van der Waals surface area contributed by atoms with Crippen molar-refractivity contribution in [3.8, 4) is 28.8 Å². The summed E-state index contributed by atoms with van der Waals surface area (Å²) < 4.78 is 31.3. The zero-order valence-electron chi connectivity index (χ0n) is 26.0. The number of benzene rings is 1. The van der Waals surface area contributed by atoms with Gasteiger partial charge in [-0.25, -0.2) is 13.8 Å². The van der Waals surface area contributed by atoms with Crippen LogP contribution in [0.5, 0.6) is 5.75 Å². The molecule has 3 aromatic heterocycles. The summed E-state index contributed by atoms with van der Waals surface area (Å²) in [5.41, 5.74) is -0.356. The molecule has 0 bridgehead atoms. The van der Waals surface area contributed by atoms with Crippen molar-refractivity contribution in [2.45, 2.75) is 52.6 Å². The molecular formula is C33H29Cl3F2N6O3. The molecule has 2 atom stereocenters. The van der Waals surface area contributed by atoms with Crippen molar-refractivity contribution in [2.75, 3.05) is 18.0 Å². The van der Waals surface area contributed by atoms with Crippen LogP contribution in [0.15, 0.2) is 35.8 Å². The molecule has 4 aromatic rings. The predicted molar refractivity (Wildman–Crippen MR) is 179 cm³/mol. The molecule has 1 fully saturated rings. The lowest BCUT2D eigenvalue weighted by Crippen LogP contribution is -2.58. The molecule has 0 unspecified atom stereocenters. The molecule has 244 valence electrons. The lowest BCUT2D eigenvalue weighted by Gasteiger charge is -2.45. The number of aromatic hydroxyl groups is 1. The van der Waals surface area contributed by atoms with Crippen molar-refractivity contribution in [1.82, 2.24) is 19.4 Å². The molecule has 0 spiro atoms. The Kier molecular flexibility index (Phi) is 9.25. The molecule has 14 heteroatoms. The van der Waals surface area contributed by atoms with Gasteiger partial charge >= 0.3 is 0 Å². The molecule has 1 aliphatic rings. The first-order chi connectivity index (χ1) is 22.2. The van der Waals surface area contributed by atoms with E-state index >= 15 is 4.39 Å². The van der Waals surface area contributed by atoms with Crippen LogP contribution in [0.3, 0.4) is 0 Å². The van der Waals surface area contributed by atoms with Gasteiger partial charge in [-0.1, -0.05) is 55.2 Å². The minimum atomic E-state index is -1.37. The second-order valence-corrected chi connectivity index (χ2v) is 12.9. The number of piperazine rings is 1. The number of hydrogen-bond donors (Lipinski definition) is 1. The van der Waals surface area contributed by atoms with Gasteiger partial charge in [-0.05, 0) is 50.5 Å². The number of pyridine rings is 3. The molecular weight excluding hydrogens is 673 g/mol. The highest BCUT2D eigenvalue weighted by Gasteiger charge is 2.36. The van der Waals surface area contributed by atoms with Crippen molar-refractivity contribution in [1.29, 1.82) is 5.26 Å². The van der Waals surface area contributed by atoms with Gasteiger partial charge in [0.25, 0.3) is 5.56 Å². The van der Waals surface area contributed by atoms with Gasteiger partial charge < -0.3 is 14.9 Å². The van der Waals surface area contributed by atoms with Gasteiger partial charge in [0.2, 0.25) is 5.91 Å². The third-order valence-corrected chi connectivity index (χ3v) is 9.22. The summed E-state index contributed by atoms with van der Waals surface area (Å²) in [7, 11) is 0. The number of anilines is 1. The van der Waals surface area contributed by atoms with Crippen molar-refractivity contribution >= 4 is 57.4 Å². The fraction of sp³-hybridized carbons (Fsp3) is 0.303. The largest absolute Gasteiger partial charge is 0.505 e. The molecule has 0 saturated carbocycles. The molecule has 1 aliphatic heterocycles. The van der Waals surface area contributed by atoms with E-state index in [0.29, 0.717) is 16.9 Å². The number of phenols is 1. The van der Waals surface area contributed by atoms with E-state index in [2.05, 4.69) is 22.6 Å². The lowest BCUT2D eigenvalue weighted by molar-refractivity contribution is -0.130. The Morgan fingerprint density at radius 2 is 1.79 bits per heavy atom. The Labute approximate surface area is 284 Å². The normalized spacial score (nSPS) is 16.6. The summed E-state index contributed by atoms with van der Waals surface area (Å²) in [5, 5.41) is 19.5. The number of rotatable bonds is 5. The van der Waals surface area contributed by atoms with Crippen LogP contribution in [-0.4, -0.2) is 55.6 Å². The average Bonchev–Trinajstić information content (AvgIpc) is 3.02. The molecule has 1 N–H and O–H groups in total. The maximum absolute atomic E-state index is 15.6. The van der Waals surface area contributed by atoms with Gasteiger partial charge in [0.15, 0.2) is 11.6 Å². The Morgan fingerprint density at radius 1 is 1.15 bits per heavy atom. The molecule has 9 nitrogen and oxygen atoms in total. The van der Waals surface area contributed by atoms with E-state index in [9.17, 15) is 24.3 Å². The zero-order chi connectivity index (χ0) is 34.6. The number of phenolic OH excluding ortho intramolecular Hbond substituents is 1. The van der Waals surface area contributed by atoms with Crippen LogP contribution >= 0.6 is 34.8 Å². The molecule has 1 aromatic carbocycles. The first-order valence-electron chi connectivity index (χ1n) is 14.6. The Balaban J connectivity index is 1.95. The number of amides is 1. The maximum atomic E-state index is 15.6. The SMILES string of the molecule is C=CC(=O)N1[C@H](C)CN(c2c(C#N)c(=O)n(-c3c(C)ccnc3C(C)C)c3nc(-c4c(O)c(Cl)c(F)c(Cl)c4F)c(Cl)cc23)C[C@@H]1C. The lowest BCUT2D eigenvalue weighted by atomic mass is 10.0. The third kappa shape index (κ3) is 5.48. The summed E-state index contributed by atoms with van der Waals surface area (Å²) >= 11 is 18.6. The molecule has 1 saturated heterocycles. The van der Waals surface area contributed by atoms with E-state index in [-0.39, 0.29) is 70.0 Å². The topological polar surface area (TPSA) is 115 Å². The molecule has 0 aliphatic carbocycles. The van der Waals surface area contributed by atoms with E-state index in [0.717, 1.165) is 0 Å². The quantitative estimate of drug-likeness (QED) is 0.132. The molecule has 47 heavy (non-hydrogen) atoms. The van der Waals surface area contributed by atoms with Crippen LogP contribution in [0.1, 0.15) is 50.4 Å². The molecule has 1 amide bonds. The number of nitrogens with zero attached hydrogens (tertiary/aromatic N) is 6. The van der Waals surface area contributed by atoms with Gasteiger partial charge in [-0.2, -0.15) is 5.26 Å². The van der Waals surface area contributed by atoms with Crippen molar-refractivity contribution in [3.63, 3.8) is 0 Å². The van der Waals surface area contributed by atoms with E-state index in [1.165, 1.54) is 16.7 Å². The van der Waals surface area contributed by atoms with Crippen molar-refractivity contribution in [3.05, 3.63) is 84.9 Å². The number of nitriles is 1. The number of carbonyl (C=O) groups is 1. The van der Waals surface area contributed by atoms with Crippen LogP contribution in [0.25, 0.3) is 28.0 Å². The van der Waals surface area contributed by atoms with Gasteiger partial charge in [0.1, 0.15) is 33.1 Å². The van der Waals surface area contributed by atoms with Crippen LogP contribution in [-0.2, 0) is 4.79 Å². The highest BCUT2D eigenvalue weighted by Crippen LogP contribution is 2.46. The van der Waals surface area contributed by atoms with E-state index in [1.54, 1.807) is 24.1 Å². The van der Waals surface area contributed by atoms with Gasteiger partial charge in [0.05, 0.1) is 33.3 Å². The number of fused-ring (bicyclic) bond motifs is 1. The fourth-order valence-corrected chi connectivity index (χ4v) is 6.92. The number of aromatic nitrogens is 3. The van der Waals surface area contributed by atoms with Gasteiger partial charge in [0, 0.05) is 36.8 Å². The second kappa shape index (κ2) is 12.8. The minimum Gasteiger partial charge on any atom is -0.505 e. The van der Waals surface area contributed by atoms with Crippen LogP contribution in [0.4, 0.5) is 14.5 Å². The molecule has 5 rings (SSSR count). The summed E-state index contributed by atoms with van der Waals surface area (Å²) in [6.45, 7) is 13.3. The monoisotopic (exact) mass is 700 g/mol. The molecule has 4 heterocycles. The number of halogens is 5. The summed E-state index contributed by atoms with van der Waals surface area (Å²) in [4.78, 5) is 39.8. The van der Waals surface area contributed by atoms with Crippen LogP contribution in [0.2, 0.25) is 15.1 Å². The van der Waals surface area contributed by atoms with E-state index < -0.39 is 38.6 Å². The van der Waals surface area contributed by atoms with E-state index in [1.807, 2.05) is 32.6 Å². The second-order valence-electron chi connectivity index (χ2n) is 11.7. The number of carbonyl (C=O) groups excluding carboxylic acids is 1. The first kappa shape index (κ1) is 34.1. The minimum absolute atomic E-state index is 0.0540. The van der Waals surface area contributed by atoms with Crippen molar-refractivity contribution < 1.29 is 18.7 Å². The van der Waals surface area contributed by atoms with Crippen LogP contribution < -0.4 is 10.5 Å².